The quantitative estimate of drug-likeness (QED) is 0.395. The maximum absolute atomic E-state index is 15.3. The van der Waals surface area contributed by atoms with Crippen LogP contribution >= 0.6 is 24.0 Å². The monoisotopic (exact) mass is 528 g/mol. The SMILES string of the molecule is Cl.O=C(O)c1cn(C2CC2)c2cc(N3CCN(c4ccnc5c(Cl)cccc45)CC3)c(F)cc2c1=O. The van der Waals surface area contributed by atoms with E-state index in [9.17, 15) is 14.7 Å². The Balaban J connectivity index is 0.00000267. The van der Waals surface area contributed by atoms with Crippen LogP contribution in [0.1, 0.15) is 29.2 Å². The first-order chi connectivity index (χ1) is 16.9. The Labute approximate surface area is 217 Å². The highest BCUT2D eigenvalue weighted by Crippen LogP contribution is 2.38. The lowest BCUT2D eigenvalue weighted by molar-refractivity contribution is 0.0695. The molecule has 1 saturated heterocycles. The standard InChI is InChI=1S/C26H22ClFN4O3.ClH/c27-19-3-1-2-16-21(6-7-29-24(16)19)30-8-10-31(11-9-30)23-13-22-17(12-20(23)28)25(33)18(26(34)35)14-32(22)15-4-5-15;/h1-3,6-7,12-15H,4-5,8-11H2,(H,34,35);1H. The van der Waals surface area contributed by atoms with Gasteiger partial charge in [0, 0.05) is 61.1 Å². The number of carboxylic acid groups (broad SMARTS) is 1. The van der Waals surface area contributed by atoms with Crippen molar-refractivity contribution >= 4 is 63.2 Å². The number of nitrogens with zero attached hydrogens (tertiary/aromatic N) is 4. The number of halogens is 3. The molecule has 0 bridgehead atoms. The van der Waals surface area contributed by atoms with Crippen molar-refractivity contribution in [2.75, 3.05) is 36.0 Å². The third-order valence-electron chi connectivity index (χ3n) is 6.93. The molecule has 36 heavy (non-hydrogen) atoms. The average Bonchev–Trinajstić information content (AvgIpc) is 3.70. The Morgan fingerprint density at radius 3 is 2.39 bits per heavy atom. The van der Waals surface area contributed by atoms with Crippen molar-refractivity contribution in [2.24, 2.45) is 0 Å². The Morgan fingerprint density at radius 2 is 1.72 bits per heavy atom. The van der Waals surface area contributed by atoms with Gasteiger partial charge in [-0.15, -0.1) is 12.4 Å². The van der Waals surface area contributed by atoms with Crippen molar-refractivity contribution in [2.45, 2.75) is 18.9 Å². The molecule has 1 aliphatic carbocycles. The van der Waals surface area contributed by atoms with E-state index < -0.39 is 17.2 Å². The molecule has 10 heteroatoms. The van der Waals surface area contributed by atoms with Crippen molar-refractivity contribution in [1.82, 2.24) is 9.55 Å². The zero-order valence-electron chi connectivity index (χ0n) is 19.2. The molecule has 0 atom stereocenters. The Bertz CT molecular complexity index is 1560. The molecular formula is C26H23Cl2FN4O3. The minimum absolute atomic E-state index is 0. The van der Waals surface area contributed by atoms with Crippen molar-refractivity contribution in [3.8, 4) is 0 Å². The van der Waals surface area contributed by atoms with Crippen LogP contribution in [0.5, 0.6) is 0 Å². The van der Waals surface area contributed by atoms with Gasteiger partial charge in [0.25, 0.3) is 0 Å². The van der Waals surface area contributed by atoms with Gasteiger partial charge in [-0.1, -0.05) is 23.7 Å². The Morgan fingerprint density at radius 1 is 1.03 bits per heavy atom. The third kappa shape index (κ3) is 4.04. The van der Waals surface area contributed by atoms with Crippen LogP contribution in [-0.4, -0.2) is 46.8 Å². The molecule has 2 aliphatic rings. The molecular weight excluding hydrogens is 506 g/mol. The highest BCUT2D eigenvalue weighted by molar-refractivity contribution is 6.35. The maximum Gasteiger partial charge on any atom is 0.341 e. The van der Waals surface area contributed by atoms with E-state index in [1.54, 1.807) is 12.3 Å². The van der Waals surface area contributed by atoms with Gasteiger partial charge in [-0.2, -0.15) is 0 Å². The summed E-state index contributed by atoms with van der Waals surface area (Å²) in [5.74, 6) is -1.81. The number of aromatic nitrogens is 2. The van der Waals surface area contributed by atoms with Crippen molar-refractivity contribution in [3.05, 3.63) is 75.4 Å². The lowest BCUT2D eigenvalue weighted by Crippen LogP contribution is -2.47. The van der Waals surface area contributed by atoms with E-state index in [-0.39, 0.29) is 29.4 Å². The van der Waals surface area contributed by atoms with Gasteiger partial charge in [-0.3, -0.25) is 9.78 Å². The highest BCUT2D eigenvalue weighted by atomic mass is 35.5. The Kier molecular flexibility index (Phi) is 6.26. The van der Waals surface area contributed by atoms with Gasteiger partial charge in [-0.05, 0) is 37.1 Å². The number of piperazine rings is 1. The Hall–Kier alpha value is -3.36. The number of carboxylic acids is 1. The summed E-state index contributed by atoms with van der Waals surface area (Å²) in [7, 11) is 0. The summed E-state index contributed by atoms with van der Waals surface area (Å²) in [5.41, 5.74) is 1.83. The second-order valence-corrected chi connectivity index (χ2v) is 9.48. The predicted molar refractivity (Wildman–Crippen MR) is 142 cm³/mol. The van der Waals surface area contributed by atoms with Crippen molar-refractivity contribution < 1.29 is 14.3 Å². The number of benzene rings is 2. The van der Waals surface area contributed by atoms with Crippen LogP contribution in [0.3, 0.4) is 0 Å². The smallest absolute Gasteiger partial charge is 0.341 e. The first-order valence-corrected chi connectivity index (χ1v) is 11.9. The summed E-state index contributed by atoms with van der Waals surface area (Å²) < 4.78 is 17.1. The molecule has 2 aromatic heterocycles. The summed E-state index contributed by atoms with van der Waals surface area (Å²) in [5, 5.41) is 11.1. The van der Waals surface area contributed by atoms with Crippen LogP contribution < -0.4 is 15.2 Å². The van der Waals surface area contributed by atoms with Crippen molar-refractivity contribution in [1.29, 1.82) is 0 Å². The van der Waals surface area contributed by atoms with Crippen LogP contribution in [0, 0.1) is 5.82 Å². The number of fused-ring (bicyclic) bond motifs is 2. The lowest BCUT2D eigenvalue weighted by Gasteiger charge is -2.38. The molecule has 0 unspecified atom stereocenters. The van der Waals surface area contributed by atoms with Gasteiger partial charge in [-0.25, -0.2) is 9.18 Å². The molecule has 0 spiro atoms. The van der Waals surface area contributed by atoms with Gasteiger partial charge in [0.1, 0.15) is 11.4 Å². The predicted octanol–water partition coefficient (Wildman–Crippen LogP) is 5.12. The maximum atomic E-state index is 15.3. The van der Waals surface area contributed by atoms with E-state index in [1.807, 2.05) is 33.7 Å². The third-order valence-corrected chi connectivity index (χ3v) is 7.24. The summed E-state index contributed by atoms with van der Waals surface area (Å²) in [6.45, 7) is 2.54. The summed E-state index contributed by atoms with van der Waals surface area (Å²) >= 11 is 6.33. The molecule has 1 aliphatic heterocycles. The summed E-state index contributed by atoms with van der Waals surface area (Å²) in [4.78, 5) is 33.0. The van der Waals surface area contributed by atoms with E-state index in [1.165, 1.54) is 12.3 Å². The largest absolute Gasteiger partial charge is 0.477 e. The van der Waals surface area contributed by atoms with Gasteiger partial charge >= 0.3 is 5.97 Å². The topological polar surface area (TPSA) is 78.7 Å². The summed E-state index contributed by atoms with van der Waals surface area (Å²) in [6, 6.07) is 10.7. The van der Waals surface area contributed by atoms with Crippen LogP contribution in [0.25, 0.3) is 21.8 Å². The molecule has 7 nitrogen and oxygen atoms in total. The van der Waals surface area contributed by atoms with E-state index in [0.29, 0.717) is 42.4 Å². The second-order valence-electron chi connectivity index (χ2n) is 9.08. The van der Waals surface area contributed by atoms with Crippen LogP contribution in [0.2, 0.25) is 5.02 Å². The molecule has 2 aromatic carbocycles. The van der Waals surface area contributed by atoms with Crippen molar-refractivity contribution in [3.63, 3.8) is 0 Å². The van der Waals surface area contributed by atoms with Crippen LogP contribution in [-0.2, 0) is 0 Å². The van der Waals surface area contributed by atoms with E-state index in [0.717, 1.165) is 29.4 Å². The van der Waals surface area contributed by atoms with Crippen LogP contribution in [0.4, 0.5) is 15.8 Å². The first kappa shape index (κ1) is 24.3. The fourth-order valence-corrected chi connectivity index (χ4v) is 5.22. The molecule has 2 fully saturated rings. The average molecular weight is 529 g/mol. The molecule has 0 amide bonds. The molecule has 0 radical (unpaired) electrons. The van der Waals surface area contributed by atoms with E-state index >= 15 is 4.39 Å². The van der Waals surface area contributed by atoms with E-state index in [2.05, 4.69) is 9.88 Å². The van der Waals surface area contributed by atoms with Gasteiger partial charge in [0.2, 0.25) is 5.43 Å². The number of carbonyl (C=O) groups is 1. The van der Waals surface area contributed by atoms with Gasteiger partial charge < -0.3 is 19.5 Å². The van der Waals surface area contributed by atoms with Gasteiger partial charge in [0.05, 0.1) is 21.7 Å². The first-order valence-electron chi connectivity index (χ1n) is 11.6. The summed E-state index contributed by atoms with van der Waals surface area (Å²) in [6.07, 6.45) is 4.98. The zero-order chi connectivity index (χ0) is 24.3. The van der Waals surface area contributed by atoms with Crippen LogP contribution in [0.15, 0.2) is 53.6 Å². The number of hydrogen-bond acceptors (Lipinski definition) is 5. The number of rotatable bonds is 4. The molecule has 6 rings (SSSR count). The number of para-hydroxylation sites is 1. The fraction of sp³-hybridized carbons (Fsp3) is 0.269. The normalized spacial score (nSPS) is 15.8. The number of pyridine rings is 2. The number of anilines is 2. The minimum Gasteiger partial charge on any atom is -0.477 e. The van der Waals surface area contributed by atoms with E-state index in [4.69, 9.17) is 11.6 Å². The molecule has 186 valence electrons. The number of hydrogen-bond donors (Lipinski definition) is 1. The minimum atomic E-state index is -1.29. The zero-order valence-corrected chi connectivity index (χ0v) is 20.7. The number of aromatic carboxylic acids is 1. The second kappa shape index (κ2) is 9.26. The molecule has 1 N–H and O–H groups in total. The lowest BCUT2D eigenvalue weighted by atomic mass is 10.1. The fourth-order valence-electron chi connectivity index (χ4n) is 5.00. The molecule has 3 heterocycles. The van der Waals surface area contributed by atoms with Gasteiger partial charge in [0.15, 0.2) is 0 Å². The highest BCUT2D eigenvalue weighted by Gasteiger charge is 2.28. The molecule has 1 saturated carbocycles. The molecule has 4 aromatic rings.